The van der Waals surface area contributed by atoms with E-state index < -0.39 is 0 Å². The first kappa shape index (κ1) is 19.6. The summed E-state index contributed by atoms with van der Waals surface area (Å²) in [5.74, 6) is 1.33. The summed E-state index contributed by atoms with van der Waals surface area (Å²) in [6.07, 6.45) is 4.37. The van der Waals surface area contributed by atoms with Crippen molar-refractivity contribution in [3.63, 3.8) is 0 Å². The van der Waals surface area contributed by atoms with Gasteiger partial charge in [-0.15, -0.1) is 11.3 Å². The molecule has 1 N–H and O–H groups in total. The number of amides is 1. The number of rotatable bonds is 8. The second-order valence-electron chi connectivity index (χ2n) is 5.83. The number of carbonyl (C=O) groups excluding carboxylic acids is 1. The Bertz CT molecular complexity index is 919. The standard InChI is InChI=1S/C20H21N3O4S/c1-25-16-9-14(10-17(26-2)20(16)27-3)22-18(24)6-7-19-23-15(12-28-19)13-5-4-8-21-11-13/h4-5,8-12H,6-7H2,1-3H3,(H,22,24). The lowest BCUT2D eigenvalue weighted by Gasteiger charge is -2.14. The van der Waals surface area contributed by atoms with E-state index in [9.17, 15) is 4.79 Å². The summed E-state index contributed by atoms with van der Waals surface area (Å²) < 4.78 is 15.9. The second-order valence-corrected chi connectivity index (χ2v) is 6.77. The average Bonchev–Trinajstić information content (AvgIpc) is 3.21. The van der Waals surface area contributed by atoms with E-state index in [0.717, 1.165) is 16.3 Å². The van der Waals surface area contributed by atoms with E-state index in [4.69, 9.17) is 14.2 Å². The van der Waals surface area contributed by atoms with Crippen molar-refractivity contribution in [2.75, 3.05) is 26.6 Å². The van der Waals surface area contributed by atoms with Crippen LogP contribution in [0.5, 0.6) is 17.2 Å². The lowest BCUT2D eigenvalue weighted by Crippen LogP contribution is -2.12. The summed E-state index contributed by atoms with van der Waals surface area (Å²) in [5.41, 5.74) is 2.42. The van der Waals surface area contributed by atoms with Crippen LogP contribution in [0.25, 0.3) is 11.3 Å². The van der Waals surface area contributed by atoms with Crippen molar-refractivity contribution in [3.8, 4) is 28.5 Å². The van der Waals surface area contributed by atoms with Gasteiger partial charge in [0.15, 0.2) is 11.5 Å². The number of aryl methyl sites for hydroxylation is 1. The minimum absolute atomic E-state index is 0.118. The van der Waals surface area contributed by atoms with E-state index in [1.54, 1.807) is 24.5 Å². The van der Waals surface area contributed by atoms with Gasteiger partial charge in [-0.1, -0.05) is 0 Å². The number of thiazole rings is 1. The first-order valence-electron chi connectivity index (χ1n) is 8.59. The predicted molar refractivity (Wildman–Crippen MR) is 108 cm³/mol. The van der Waals surface area contributed by atoms with Crippen molar-refractivity contribution in [2.45, 2.75) is 12.8 Å². The molecule has 7 nitrogen and oxygen atoms in total. The van der Waals surface area contributed by atoms with Gasteiger partial charge in [0.1, 0.15) is 0 Å². The van der Waals surface area contributed by atoms with Crippen molar-refractivity contribution in [2.24, 2.45) is 0 Å². The van der Waals surface area contributed by atoms with E-state index in [1.165, 1.54) is 32.7 Å². The number of hydrogen-bond acceptors (Lipinski definition) is 7. The molecule has 0 aliphatic carbocycles. The molecule has 0 fully saturated rings. The summed E-state index contributed by atoms with van der Waals surface area (Å²) in [6.45, 7) is 0. The summed E-state index contributed by atoms with van der Waals surface area (Å²) in [6, 6.07) is 7.23. The van der Waals surface area contributed by atoms with Crippen LogP contribution in [0.1, 0.15) is 11.4 Å². The fraction of sp³-hybridized carbons (Fsp3) is 0.250. The van der Waals surface area contributed by atoms with Gasteiger partial charge in [0.25, 0.3) is 0 Å². The zero-order valence-corrected chi connectivity index (χ0v) is 16.7. The molecule has 3 rings (SSSR count). The molecule has 0 spiro atoms. The number of aromatic nitrogens is 2. The van der Waals surface area contributed by atoms with Crippen LogP contribution >= 0.6 is 11.3 Å². The quantitative estimate of drug-likeness (QED) is 0.620. The van der Waals surface area contributed by atoms with Crippen LogP contribution in [-0.2, 0) is 11.2 Å². The molecule has 0 aliphatic heterocycles. The van der Waals surface area contributed by atoms with Crippen molar-refractivity contribution in [3.05, 3.63) is 47.0 Å². The van der Waals surface area contributed by atoms with E-state index in [0.29, 0.717) is 35.8 Å². The number of methoxy groups -OCH3 is 3. The Balaban J connectivity index is 1.63. The number of benzene rings is 1. The number of nitrogens with one attached hydrogen (secondary N) is 1. The van der Waals surface area contributed by atoms with Gasteiger partial charge >= 0.3 is 0 Å². The number of pyridine rings is 1. The molecule has 0 unspecified atom stereocenters. The van der Waals surface area contributed by atoms with Gasteiger partial charge in [0.2, 0.25) is 11.7 Å². The highest BCUT2D eigenvalue weighted by Gasteiger charge is 2.15. The topological polar surface area (TPSA) is 82.6 Å². The lowest BCUT2D eigenvalue weighted by atomic mass is 10.2. The van der Waals surface area contributed by atoms with Crippen molar-refractivity contribution in [1.82, 2.24) is 9.97 Å². The van der Waals surface area contributed by atoms with Gasteiger partial charge in [0, 0.05) is 54.0 Å². The number of carbonyl (C=O) groups is 1. The summed E-state index contributed by atoms with van der Waals surface area (Å²) in [7, 11) is 4.60. The molecule has 2 heterocycles. The third kappa shape index (κ3) is 4.58. The van der Waals surface area contributed by atoms with Crippen molar-refractivity contribution < 1.29 is 19.0 Å². The number of ether oxygens (including phenoxy) is 3. The molecule has 1 amide bonds. The molecule has 0 saturated heterocycles. The molecule has 8 heteroatoms. The van der Waals surface area contributed by atoms with Gasteiger partial charge in [-0.3, -0.25) is 9.78 Å². The highest BCUT2D eigenvalue weighted by Crippen LogP contribution is 2.39. The third-order valence-electron chi connectivity index (χ3n) is 4.02. The summed E-state index contributed by atoms with van der Waals surface area (Å²) in [5, 5.41) is 5.74. The minimum Gasteiger partial charge on any atom is -0.493 e. The Hall–Kier alpha value is -3.13. The molecule has 146 valence electrons. The van der Waals surface area contributed by atoms with Crippen LogP contribution < -0.4 is 19.5 Å². The molecule has 0 saturated carbocycles. The van der Waals surface area contributed by atoms with Gasteiger partial charge in [-0.05, 0) is 12.1 Å². The molecule has 2 aromatic heterocycles. The number of anilines is 1. The van der Waals surface area contributed by atoms with Crippen LogP contribution in [0.2, 0.25) is 0 Å². The maximum Gasteiger partial charge on any atom is 0.224 e. The van der Waals surface area contributed by atoms with Crippen LogP contribution in [0.3, 0.4) is 0 Å². The normalized spacial score (nSPS) is 10.4. The Kier molecular flexibility index (Phi) is 6.44. The molecule has 0 atom stereocenters. The Labute approximate surface area is 167 Å². The van der Waals surface area contributed by atoms with Crippen LogP contribution in [0.15, 0.2) is 42.0 Å². The van der Waals surface area contributed by atoms with Crippen LogP contribution in [0, 0.1) is 0 Å². The SMILES string of the molecule is COc1cc(NC(=O)CCc2nc(-c3cccnc3)cs2)cc(OC)c1OC. The highest BCUT2D eigenvalue weighted by atomic mass is 32.1. The number of hydrogen-bond donors (Lipinski definition) is 1. The summed E-state index contributed by atoms with van der Waals surface area (Å²) in [4.78, 5) is 21.0. The van der Waals surface area contributed by atoms with E-state index >= 15 is 0 Å². The largest absolute Gasteiger partial charge is 0.493 e. The van der Waals surface area contributed by atoms with Crippen LogP contribution in [-0.4, -0.2) is 37.2 Å². The summed E-state index contributed by atoms with van der Waals surface area (Å²) >= 11 is 1.53. The average molecular weight is 399 g/mol. The van der Waals surface area contributed by atoms with Crippen molar-refractivity contribution in [1.29, 1.82) is 0 Å². The maximum absolute atomic E-state index is 12.4. The smallest absolute Gasteiger partial charge is 0.224 e. The zero-order chi connectivity index (χ0) is 19.9. The second kappa shape index (κ2) is 9.18. The molecular formula is C20H21N3O4S. The zero-order valence-electron chi connectivity index (χ0n) is 15.9. The maximum atomic E-state index is 12.4. The third-order valence-corrected chi connectivity index (χ3v) is 4.93. The van der Waals surface area contributed by atoms with Crippen molar-refractivity contribution >= 4 is 22.9 Å². The molecule has 28 heavy (non-hydrogen) atoms. The Morgan fingerprint density at radius 3 is 2.50 bits per heavy atom. The monoisotopic (exact) mass is 399 g/mol. The molecule has 0 radical (unpaired) electrons. The Morgan fingerprint density at radius 2 is 1.89 bits per heavy atom. The Morgan fingerprint density at radius 1 is 1.14 bits per heavy atom. The molecular weight excluding hydrogens is 378 g/mol. The predicted octanol–water partition coefficient (Wildman–Crippen LogP) is 3.80. The van der Waals surface area contributed by atoms with Gasteiger partial charge in [-0.25, -0.2) is 4.98 Å². The molecule has 1 aromatic carbocycles. The van der Waals surface area contributed by atoms with Gasteiger partial charge in [0.05, 0.1) is 32.0 Å². The first-order valence-corrected chi connectivity index (χ1v) is 9.47. The van der Waals surface area contributed by atoms with Gasteiger partial charge in [-0.2, -0.15) is 0 Å². The van der Waals surface area contributed by atoms with Gasteiger partial charge < -0.3 is 19.5 Å². The fourth-order valence-electron chi connectivity index (χ4n) is 2.67. The number of nitrogens with zero attached hydrogens (tertiary/aromatic N) is 2. The molecule has 0 aliphatic rings. The fourth-order valence-corrected chi connectivity index (χ4v) is 3.48. The highest BCUT2D eigenvalue weighted by molar-refractivity contribution is 7.09. The first-order chi connectivity index (χ1) is 13.6. The van der Waals surface area contributed by atoms with E-state index in [2.05, 4.69) is 15.3 Å². The molecule has 0 bridgehead atoms. The van der Waals surface area contributed by atoms with E-state index in [1.807, 2.05) is 17.5 Å². The lowest BCUT2D eigenvalue weighted by molar-refractivity contribution is -0.116. The van der Waals surface area contributed by atoms with Crippen LogP contribution in [0.4, 0.5) is 5.69 Å². The minimum atomic E-state index is -0.118. The van der Waals surface area contributed by atoms with E-state index in [-0.39, 0.29) is 5.91 Å². The molecule has 3 aromatic rings.